The van der Waals surface area contributed by atoms with Crippen molar-refractivity contribution in [2.24, 2.45) is 40.1 Å². The number of nitrogens with two attached hydrogens (primary N) is 7. The van der Waals surface area contributed by atoms with Gasteiger partial charge in [-0.3, -0.25) is 17.2 Å². The normalized spacial score (nSPS) is 16.2. The van der Waals surface area contributed by atoms with Gasteiger partial charge in [-0.05, 0) is 18.9 Å². The molecule has 0 heterocycles. The first-order chi connectivity index (χ1) is 8.55. The van der Waals surface area contributed by atoms with Crippen LogP contribution < -0.4 is 40.1 Å². The highest BCUT2D eigenvalue weighted by atomic mass is 15.2. The van der Waals surface area contributed by atoms with Crippen molar-refractivity contribution in [2.45, 2.75) is 36.9 Å². The molecule has 2 atom stereocenters. The smallest absolute Gasteiger partial charge is 0.131 e. The van der Waals surface area contributed by atoms with Crippen LogP contribution in [0.1, 0.15) is 17.5 Å². The fourth-order valence-corrected chi connectivity index (χ4v) is 1.80. The minimum Gasteiger partial charge on any atom is -0.325 e. The molecular formula is C12H25N7. The summed E-state index contributed by atoms with van der Waals surface area (Å²) >= 11 is 0. The predicted molar refractivity (Wildman–Crippen MR) is 77.1 cm³/mol. The maximum atomic E-state index is 6.12. The Morgan fingerprint density at radius 3 is 2.05 bits per heavy atom. The van der Waals surface area contributed by atoms with Crippen LogP contribution >= 0.6 is 0 Å². The average molecular weight is 267 g/mol. The topological polar surface area (TPSA) is 182 Å². The number of hydrogen-bond acceptors (Lipinski definition) is 7. The zero-order valence-electron chi connectivity index (χ0n) is 11.2. The summed E-state index contributed by atoms with van der Waals surface area (Å²) in [4.78, 5) is 0. The number of rotatable bonds is 5. The first-order valence-corrected chi connectivity index (χ1v) is 6.08. The van der Waals surface area contributed by atoms with E-state index in [1.54, 1.807) is 0 Å². The molecular weight excluding hydrogens is 242 g/mol. The molecule has 0 spiro atoms. The highest BCUT2D eigenvalue weighted by molar-refractivity contribution is 5.29. The van der Waals surface area contributed by atoms with Gasteiger partial charge in [-0.1, -0.05) is 29.8 Å². The van der Waals surface area contributed by atoms with Gasteiger partial charge in [0.15, 0.2) is 0 Å². The zero-order chi connectivity index (χ0) is 14.8. The van der Waals surface area contributed by atoms with E-state index in [9.17, 15) is 0 Å². The van der Waals surface area contributed by atoms with E-state index in [1.807, 2.05) is 31.2 Å². The van der Waals surface area contributed by atoms with Crippen LogP contribution in [0.5, 0.6) is 0 Å². The molecule has 2 unspecified atom stereocenters. The molecule has 14 N–H and O–H groups in total. The lowest BCUT2D eigenvalue weighted by atomic mass is 9.87. The molecule has 19 heavy (non-hydrogen) atoms. The summed E-state index contributed by atoms with van der Waals surface area (Å²) in [5.74, 6) is -1.51. The largest absolute Gasteiger partial charge is 0.325 e. The highest BCUT2D eigenvalue weighted by Crippen LogP contribution is 2.19. The van der Waals surface area contributed by atoms with Crippen molar-refractivity contribution in [3.8, 4) is 0 Å². The van der Waals surface area contributed by atoms with Gasteiger partial charge < -0.3 is 22.9 Å². The van der Waals surface area contributed by atoms with E-state index in [4.69, 9.17) is 40.1 Å². The van der Waals surface area contributed by atoms with Crippen molar-refractivity contribution in [1.29, 1.82) is 0 Å². The van der Waals surface area contributed by atoms with Crippen molar-refractivity contribution < 1.29 is 0 Å². The molecule has 7 heteroatoms. The van der Waals surface area contributed by atoms with E-state index >= 15 is 0 Å². The first kappa shape index (κ1) is 16.0. The Balaban J connectivity index is 2.88. The zero-order valence-corrected chi connectivity index (χ0v) is 11.2. The van der Waals surface area contributed by atoms with Gasteiger partial charge in [0.1, 0.15) is 11.4 Å². The molecule has 0 saturated carbocycles. The molecule has 0 aliphatic carbocycles. The summed E-state index contributed by atoms with van der Waals surface area (Å²) in [6, 6.07) is 6.18. The Labute approximate surface area is 113 Å². The second-order valence-corrected chi connectivity index (χ2v) is 5.25. The van der Waals surface area contributed by atoms with E-state index < -0.39 is 23.5 Å². The van der Waals surface area contributed by atoms with Crippen LogP contribution in [-0.4, -0.2) is 17.9 Å². The van der Waals surface area contributed by atoms with Gasteiger partial charge in [0.2, 0.25) is 0 Å². The summed E-state index contributed by atoms with van der Waals surface area (Å²) in [7, 11) is 0. The van der Waals surface area contributed by atoms with Crippen LogP contribution in [0.15, 0.2) is 24.3 Å². The summed E-state index contributed by atoms with van der Waals surface area (Å²) in [5, 5.41) is 0. The molecule has 0 bridgehead atoms. The van der Waals surface area contributed by atoms with Crippen molar-refractivity contribution in [3.05, 3.63) is 35.4 Å². The van der Waals surface area contributed by atoms with Gasteiger partial charge in [0, 0.05) is 6.04 Å². The van der Waals surface area contributed by atoms with Crippen LogP contribution in [0.4, 0.5) is 0 Å². The summed E-state index contributed by atoms with van der Waals surface area (Å²) in [6.07, 6.45) is 0.213. The van der Waals surface area contributed by atoms with Crippen molar-refractivity contribution >= 4 is 0 Å². The summed E-state index contributed by atoms with van der Waals surface area (Å²) in [6.45, 7) is 1.95. The average Bonchev–Trinajstić information content (AvgIpc) is 2.27. The second-order valence-electron chi connectivity index (χ2n) is 5.25. The molecule has 0 aliphatic rings. The first-order valence-electron chi connectivity index (χ1n) is 6.08. The molecule has 1 aromatic carbocycles. The van der Waals surface area contributed by atoms with Gasteiger partial charge in [0.25, 0.3) is 0 Å². The number of hydrogen-bond donors (Lipinski definition) is 7. The Bertz CT molecular complexity index is 424. The van der Waals surface area contributed by atoms with Gasteiger partial charge in [-0.15, -0.1) is 0 Å². The van der Waals surface area contributed by atoms with Gasteiger partial charge >= 0.3 is 0 Å². The van der Waals surface area contributed by atoms with Crippen LogP contribution in [0.3, 0.4) is 0 Å². The quantitative estimate of drug-likeness (QED) is 0.291. The lowest BCUT2D eigenvalue weighted by molar-refractivity contribution is 0.274. The van der Waals surface area contributed by atoms with E-state index in [2.05, 4.69) is 0 Å². The molecule has 1 rings (SSSR count). The molecule has 0 radical (unpaired) electrons. The van der Waals surface area contributed by atoms with Crippen molar-refractivity contribution in [2.75, 3.05) is 0 Å². The fourth-order valence-electron chi connectivity index (χ4n) is 1.80. The third-order valence-corrected chi connectivity index (χ3v) is 3.28. The molecule has 0 aliphatic heterocycles. The summed E-state index contributed by atoms with van der Waals surface area (Å²) in [5.41, 5.74) is 41.2. The maximum Gasteiger partial charge on any atom is 0.131 e. The second kappa shape index (κ2) is 5.51. The van der Waals surface area contributed by atoms with Crippen LogP contribution in [0.25, 0.3) is 0 Å². The van der Waals surface area contributed by atoms with Gasteiger partial charge in [0.05, 0.1) is 6.04 Å². The van der Waals surface area contributed by atoms with E-state index in [0.29, 0.717) is 0 Å². The van der Waals surface area contributed by atoms with Gasteiger partial charge in [-0.2, -0.15) is 0 Å². The third-order valence-electron chi connectivity index (χ3n) is 3.28. The summed E-state index contributed by atoms with van der Waals surface area (Å²) < 4.78 is 0. The van der Waals surface area contributed by atoms with E-state index in [1.165, 1.54) is 0 Å². The Morgan fingerprint density at radius 1 is 1.00 bits per heavy atom. The Hall–Kier alpha value is -1.06. The molecule has 0 aromatic heterocycles. The lowest BCUT2D eigenvalue weighted by Gasteiger charge is -2.36. The van der Waals surface area contributed by atoms with E-state index in [-0.39, 0.29) is 6.42 Å². The minimum absolute atomic E-state index is 0.213. The van der Waals surface area contributed by atoms with Gasteiger partial charge in [-0.25, -0.2) is 0 Å². The third kappa shape index (κ3) is 3.95. The number of aryl methyl sites for hydroxylation is 1. The van der Waals surface area contributed by atoms with E-state index in [0.717, 1.165) is 11.1 Å². The standard InChI is InChI=1S/C12H25N7/c1-7-3-2-4-8(5-7)11(15,16)9(13)6-10(14)12(17,18)19/h2-5,9-10H,6,13-19H2,1H3. The Morgan fingerprint density at radius 2 is 1.58 bits per heavy atom. The monoisotopic (exact) mass is 267 g/mol. The van der Waals surface area contributed by atoms with Crippen LogP contribution in [0, 0.1) is 6.92 Å². The number of benzene rings is 1. The molecule has 108 valence electrons. The lowest BCUT2D eigenvalue weighted by Crippen LogP contribution is -2.71. The molecule has 1 aromatic rings. The van der Waals surface area contributed by atoms with Crippen molar-refractivity contribution in [1.82, 2.24) is 0 Å². The van der Waals surface area contributed by atoms with Crippen LogP contribution in [0.2, 0.25) is 0 Å². The molecule has 0 saturated heterocycles. The maximum absolute atomic E-state index is 6.12. The molecule has 0 fully saturated rings. The fraction of sp³-hybridized carbons (Fsp3) is 0.500. The highest BCUT2D eigenvalue weighted by Gasteiger charge is 2.34. The molecule has 0 amide bonds. The SMILES string of the molecule is Cc1cccc(C(N)(N)C(N)CC(N)C(N)(N)N)c1. The molecule has 7 nitrogen and oxygen atoms in total. The van der Waals surface area contributed by atoms with Crippen LogP contribution in [-0.2, 0) is 5.66 Å². The Kier molecular flexibility index (Phi) is 4.64. The van der Waals surface area contributed by atoms with Crippen molar-refractivity contribution in [3.63, 3.8) is 0 Å². The minimum atomic E-state index is -1.51. The predicted octanol–water partition coefficient (Wildman–Crippen LogP) is -2.36.